The molecule has 10 aliphatic rings. The minimum Gasteiger partial charge on any atom is -0.378 e. The topological polar surface area (TPSA) is 117 Å². The van der Waals surface area contributed by atoms with Crippen LogP contribution < -0.4 is 0 Å². The van der Waals surface area contributed by atoms with E-state index in [0.29, 0.717) is 19.3 Å². The highest BCUT2D eigenvalue weighted by Crippen LogP contribution is 2.54. The zero-order chi connectivity index (χ0) is 34.3. The molecule has 1 spiro atoms. The number of rotatable bonds is 3. The van der Waals surface area contributed by atoms with Gasteiger partial charge in [-0.15, -0.1) is 0 Å². The van der Waals surface area contributed by atoms with Crippen LogP contribution in [0.1, 0.15) is 90.4 Å². The van der Waals surface area contributed by atoms with Gasteiger partial charge in [0.25, 0.3) is 0 Å². The number of methoxy groups -OCH3 is 1. The van der Waals surface area contributed by atoms with Crippen LogP contribution in [0.3, 0.4) is 0 Å². The Morgan fingerprint density at radius 3 is 2.36 bits per heavy atom. The van der Waals surface area contributed by atoms with Crippen molar-refractivity contribution >= 4 is 12.1 Å². The van der Waals surface area contributed by atoms with E-state index in [-0.39, 0.29) is 122 Å². The van der Waals surface area contributed by atoms with Gasteiger partial charge in [-0.3, -0.25) is 4.79 Å². The molecule has 0 N–H and O–H groups in total. The molecule has 9 unspecified atom stereocenters. The first-order valence-corrected chi connectivity index (χ1v) is 19.3. The van der Waals surface area contributed by atoms with Gasteiger partial charge in [0.2, 0.25) is 0 Å². The molecule has 11 nitrogen and oxygen atoms in total. The van der Waals surface area contributed by atoms with Crippen LogP contribution in [-0.2, 0) is 52.2 Å². The van der Waals surface area contributed by atoms with Crippen LogP contribution in [0.5, 0.6) is 0 Å². The molecule has 10 rings (SSSR count). The highest BCUT2D eigenvalue weighted by atomic mass is 16.8. The number of aldehydes is 1. The van der Waals surface area contributed by atoms with E-state index < -0.39 is 11.9 Å². The fraction of sp³-hybridized carbons (Fsp3) is 0.846. The largest absolute Gasteiger partial charge is 0.378 e. The second kappa shape index (κ2) is 13.4. The second-order valence-electron chi connectivity index (χ2n) is 16.7. The first kappa shape index (κ1) is 34.2. The molecule has 0 amide bonds. The molecule has 10 heterocycles. The Morgan fingerprint density at radius 2 is 1.52 bits per heavy atom. The number of hydrogen-bond donors (Lipinski definition) is 0. The van der Waals surface area contributed by atoms with Crippen LogP contribution in [0, 0.1) is 11.8 Å². The minimum absolute atomic E-state index is 0.0117. The van der Waals surface area contributed by atoms with Crippen molar-refractivity contribution in [1.82, 2.24) is 0 Å². The Balaban J connectivity index is 0.996. The lowest BCUT2D eigenvalue weighted by molar-refractivity contribution is -0.292. The van der Waals surface area contributed by atoms with Gasteiger partial charge in [-0.2, -0.15) is 0 Å². The number of carbonyl (C=O) groups is 2. The van der Waals surface area contributed by atoms with Gasteiger partial charge in [0.05, 0.1) is 61.0 Å². The maximum absolute atomic E-state index is 13.9. The third-order valence-corrected chi connectivity index (χ3v) is 13.5. The summed E-state index contributed by atoms with van der Waals surface area (Å²) in [6.07, 6.45) is 6.39. The summed E-state index contributed by atoms with van der Waals surface area (Å²) in [5.74, 6) is -0.608. The Kier molecular flexibility index (Phi) is 9.17. The van der Waals surface area contributed by atoms with Crippen molar-refractivity contribution in [2.24, 2.45) is 11.8 Å². The SMILES string of the molecule is C=C1CC2CC[C@@]34C[C@H]5O[C@H]6C(O3)[C@H]3OC(CCC3O[C@H]6C5O4)CC(=O)CC3[C@@H](OC)C(CC=O)O[C@H]3C[C@H]3O[C@@H](CCC1O2)CC(C)C3=C. The lowest BCUT2D eigenvalue weighted by atomic mass is 9.81. The first-order chi connectivity index (χ1) is 24.2. The normalized spacial score (nSPS) is 53.2. The van der Waals surface area contributed by atoms with Crippen LogP contribution in [0.25, 0.3) is 0 Å². The lowest BCUT2D eigenvalue weighted by Crippen LogP contribution is -2.61. The van der Waals surface area contributed by atoms with Gasteiger partial charge >= 0.3 is 0 Å². The molecule has 11 heteroatoms. The summed E-state index contributed by atoms with van der Waals surface area (Å²) < 4.78 is 59.6. The summed E-state index contributed by atoms with van der Waals surface area (Å²) in [6, 6.07) is 0. The first-order valence-electron chi connectivity index (χ1n) is 19.3. The van der Waals surface area contributed by atoms with Gasteiger partial charge in [0, 0.05) is 51.6 Å². The molecule has 0 aromatic rings. The van der Waals surface area contributed by atoms with Crippen LogP contribution in [0.4, 0.5) is 0 Å². The third kappa shape index (κ3) is 6.00. The summed E-state index contributed by atoms with van der Waals surface area (Å²) in [5.41, 5.74) is 2.20. The molecule has 0 aliphatic carbocycles. The molecule has 12 bridgehead atoms. The second-order valence-corrected chi connectivity index (χ2v) is 16.7. The lowest BCUT2D eigenvalue weighted by Gasteiger charge is -2.47. The minimum atomic E-state index is -0.776. The molecule has 0 aromatic heterocycles. The predicted octanol–water partition coefficient (Wildman–Crippen LogP) is 4.32. The standard InChI is InChI=1S/C39H54O11/c1-19-13-23-5-7-27-20(2)14-25(43-27)9-11-39-18-32-35(49-39)36-37(48-32)38(50-39)34-28(47-36)8-6-24(45-34)15-22(41)16-26-31(17-30(44-23)21(19)3)46-29(10-12-40)33(26)42-4/h12,19,23-38H,2-3,5-11,13-18H2,1,4H3/t19?,23-,24?,25?,26?,27?,28?,29?,30+,31-,32+,33+,34-,35?,36-,37+,38?,39-/m0/s1. The number of fused-ring (bicyclic) bond motifs is 6. The summed E-state index contributed by atoms with van der Waals surface area (Å²) in [4.78, 5) is 25.6. The van der Waals surface area contributed by atoms with E-state index in [9.17, 15) is 9.59 Å². The predicted molar refractivity (Wildman–Crippen MR) is 177 cm³/mol. The van der Waals surface area contributed by atoms with Gasteiger partial charge in [0.1, 0.15) is 42.6 Å². The molecule has 10 fully saturated rings. The van der Waals surface area contributed by atoms with Crippen molar-refractivity contribution in [2.45, 2.75) is 188 Å². The van der Waals surface area contributed by atoms with Crippen molar-refractivity contribution in [3.05, 3.63) is 24.3 Å². The fourth-order valence-electron chi connectivity index (χ4n) is 11.0. The van der Waals surface area contributed by atoms with Crippen molar-refractivity contribution in [1.29, 1.82) is 0 Å². The quantitative estimate of drug-likeness (QED) is 0.310. The van der Waals surface area contributed by atoms with Gasteiger partial charge in [-0.25, -0.2) is 0 Å². The average Bonchev–Trinajstić information content (AvgIpc) is 3.76. The van der Waals surface area contributed by atoms with Crippen LogP contribution in [0.2, 0.25) is 0 Å². The van der Waals surface area contributed by atoms with E-state index in [1.807, 2.05) is 0 Å². The average molecular weight is 699 g/mol. The zero-order valence-electron chi connectivity index (χ0n) is 29.5. The Labute approximate surface area is 295 Å². The van der Waals surface area contributed by atoms with Crippen molar-refractivity contribution < 1.29 is 52.2 Å². The maximum Gasteiger partial charge on any atom is 0.172 e. The molecular formula is C39H54O11. The fourth-order valence-corrected chi connectivity index (χ4v) is 11.0. The highest BCUT2D eigenvalue weighted by Gasteiger charge is 2.68. The number of ether oxygens (including phenoxy) is 9. The van der Waals surface area contributed by atoms with E-state index in [4.69, 9.17) is 42.6 Å². The summed E-state index contributed by atoms with van der Waals surface area (Å²) in [6.45, 7) is 11.1. The van der Waals surface area contributed by atoms with Crippen molar-refractivity contribution in [3.8, 4) is 0 Å². The van der Waals surface area contributed by atoms with Crippen LogP contribution >= 0.6 is 0 Å². The molecule has 18 atom stereocenters. The van der Waals surface area contributed by atoms with E-state index in [1.54, 1.807) is 7.11 Å². The Bertz CT molecular complexity index is 1350. The molecule has 0 radical (unpaired) electrons. The zero-order valence-corrected chi connectivity index (χ0v) is 29.5. The highest BCUT2D eigenvalue weighted by molar-refractivity contribution is 5.79. The number of ketones is 1. The van der Waals surface area contributed by atoms with Crippen molar-refractivity contribution in [3.63, 3.8) is 0 Å². The molecular weight excluding hydrogens is 644 g/mol. The monoisotopic (exact) mass is 698 g/mol. The van der Waals surface area contributed by atoms with E-state index in [2.05, 4.69) is 20.1 Å². The number of carbonyl (C=O) groups excluding carboxylic acids is 2. The third-order valence-electron chi connectivity index (χ3n) is 13.5. The molecule has 50 heavy (non-hydrogen) atoms. The van der Waals surface area contributed by atoms with Crippen LogP contribution in [0.15, 0.2) is 24.3 Å². The van der Waals surface area contributed by atoms with Gasteiger partial charge in [0.15, 0.2) is 5.79 Å². The van der Waals surface area contributed by atoms with E-state index in [0.717, 1.165) is 62.4 Å². The smallest absolute Gasteiger partial charge is 0.172 e. The van der Waals surface area contributed by atoms with E-state index >= 15 is 0 Å². The Morgan fingerprint density at radius 1 is 0.760 bits per heavy atom. The number of Topliss-reactive ketones (excluding diaryl/α,β-unsaturated/α-hetero) is 1. The molecule has 0 aromatic carbocycles. The summed E-state index contributed by atoms with van der Waals surface area (Å²) >= 11 is 0. The number of hydrogen-bond acceptors (Lipinski definition) is 11. The van der Waals surface area contributed by atoms with E-state index in [1.165, 1.54) is 0 Å². The molecule has 276 valence electrons. The van der Waals surface area contributed by atoms with Crippen molar-refractivity contribution in [2.75, 3.05) is 7.11 Å². The van der Waals surface area contributed by atoms with Gasteiger partial charge < -0.3 is 47.4 Å². The van der Waals surface area contributed by atoms with Gasteiger partial charge in [-0.05, 0) is 62.0 Å². The van der Waals surface area contributed by atoms with Gasteiger partial charge in [-0.1, -0.05) is 20.1 Å². The maximum atomic E-state index is 13.9. The van der Waals surface area contributed by atoms with Crippen LogP contribution in [-0.4, -0.2) is 117 Å². The Hall–Kier alpha value is -1.54. The summed E-state index contributed by atoms with van der Waals surface area (Å²) in [5, 5.41) is 0. The molecule has 0 saturated carbocycles. The molecule has 10 aliphatic heterocycles. The summed E-state index contributed by atoms with van der Waals surface area (Å²) in [7, 11) is 1.64. The molecule has 10 saturated heterocycles.